The smallest absolute Gasteiger partial charge is 0.428 e. The van der Waals surface area contributed by atoms with E-state index >= 15 is 0 Å². The molecular weight excluding hydrogens is 430 g/mol. The van der Waals surface area contributed by atoms with Gasteiger partial charge >= 0.3 is 12.5 Å². The molecule has 2 rings (SSSR count). The van der Waals surface area contributed by atoms with Gasteiger partial charge in [0.05, 0.1) is 4.75 Å². The summed E-state index contributed by atoms with van der Waals surface area (Å²) in [5, 5.41) is 4.08. The van der Waals surface area contributed by atoms with Crippen LogP contribution in [0.1, 0.15) is 33.6 Å². The third kappa shape index (κ3) is 6.29. The first-order valence-electron chi connectivity index (χ1n) is 9.24. The van der Waals surface area contributed by atoms with E-state index in [4.69, 9.17) is 0 Å². The van der Waals surface area contributed by atoms with Gasteiger partial charge in [0.15, 0.2) is 0 Å². The van der Waals surface area contributed by atoms with E-state index in [1.165, 1.54) is 17.1 Å². The highest BCUT2D eigenvalue weighted by Crippen LogP contribution is 2.29. The molecule has 0 unspecified atom stereocenters. The van der Waals surface area contributed by atoms with Gasteiger partial charge in [-0.15, -0.1) is 4.83 Å². The van der Waals surface area contributed by atoms with Crippen LogP contribution in [-0.4, -0.2) is 49.7 Å². The molecule has 1 saturated heterocycles. The number of amides is 1. The fourth-order valence-corrected chi connectivity index (χ4v) is 3.42. The standard InChI is InChI=1S/C18H25F4N3O4S/c1-17(2,3)30(27,28)24-25-9-7-12(8-10-25)15(26)23-13-5-4-6-14(11-13)29-18(21,22)16(19)20/h4-6,11-12,16,24H,7-10H2,1-3H3,(H,23,26). The quantitative estimate of drug-likeness (QED) is 0.617. The van der Waals surface area contributed by atoms with Crippen molar-refractivity contribution in [2.75, 3.05) is 18.4 Å². The van der Waals surface area contributed by atoms with Gasteiger partial charge in [0, 0.05) is 30.8 Å². The molecule has 170 valence electrons. The SMILES string of the molecule is CC(C)(C)S(=O)(=O)NN1CCC(C(=O)Nc2cccc(OC(F)(F)C(F)F)c2)CC1. The molecule has 0 aliphatic carbocycles. The predicted octanol–water partition coefficient (Wildman–Crippen LogP) is 3.21. The fraction of sp³-hybridized carbons (Fsp3) is 0.611. The van der Waals surface area contributed by atoms with Gasteiger partial charge < -0.3 is 10.1 Å². The minimum Gasteiger partial charge on any atom is -0.428 e. The summed E-state index contributed by atoms with van der Waals surface area (Å²) in [7, 11) is -3.56. The Bertz CT molecular complexity index is 851. The van der Waals surface area contributed by atoms with Gasteiger partial charge in [0.25, 0.3) is 0 Å². The Balaban J connectivity index is 1.92. The average Bonchev–Trinajstić information content (AvgIpc) is 2.60. The molecule has 7 nitrogen and oxygen atoms in total. The molecule has 0 aromatic heterocycles. The first kappa shape index (κ1) is 24.4. The molecule has 1 aliphatic heterocycles. The van der Waals surface area contributed by atoms with Crippen LogP contribution in [0.3, 0.4) is 0 Å². The van der Waals surface area contributed by atoms with Gasteiger partial charge in [-0.2, -0.15) is 17.6 Å². The zero-order chi connectivity index (χ0) is 22.7. The van der Waals surface area contributed by atoms with Crippen molar-refractivity contribution in [2.45, 2.75) is 50.9 Å². The highest BCUT2D eigenvalue weighted by molar-refractivity contribution is 7.90. The minimum atomic E-state index is -4.64. The number of benzene rings is 1. The van der Waals surface area contributed by atoms with Crippen LogP contribution in [0.4, 0.5) is 23.2 Å². The Morgan fingerprint density at radius 1 is 1.20 bits per heavy atom. The molecule has 0 atom stereocenters. The van der Waals surface area contributed by atoms with Crippen molar-refractivity contribution < 1.29 is 35.5 Å². The average molecular weight is 455 g/mol. The molecule has 0 spiro atoms. The van der Waals surface area contributed by atoms with Gasteiger partial charge in [-0.3, -0.25) is 4.79 Å². The summed E-state index contributed by atoms with van der Waals surface area (Å²) in [4.78, 5) is 15.0. The van der Waals surface area contributed by atoms with Gasteiger partial charge in [0.1, 0.15) is 5.75 Å². The topological polar surface area (TPSA) is 87.7 Å². The van der Waals surface area contributed by atoms with E-state index in [1.54, 1.807) is 20.8 Å². The van der Waals surface area contributed by atoms with E-state index in [2.05, 4.69) is 14.9 Å². The number of carbonyl (C=O) groups is 1. The number of halogens is 4. The van der Waals surface area contributed by atoms with E-state index < -0.39 is 39.0 Å². The maximum absolute atomic E-state index is 13.0. The second-order valence-electron chi connectivity index (χ2n) is 7.95. The molecule has 1 fully saturated rings. The Morgan fingerprint density at radius 2 is 1.80 bits per heavy atom. The van der Waals surface area contributed by atoms with Crippen LogP contribution in [0.15, 0.2) is 24.3 Å². The molecule has 1 aliphatic rings. The van der Waals surface area contributed by atoms with Gasteiger partial charge in [-0.25, -0.2) is 13.4 Å². The maximum atomic E-state index is 13.0. The van der Waals surface area contributed by atoms with Crippen LogP contribution in [0.2, 0.25) is 0 Å². The van der Waals surface area contributed by atoms with E-state index in [-0.39, 0.29) is 11.6 Å². The van der Waals surface area contributed by atoms with Gasteiger partial charge in [-0.1, -0.05) is 6.07 Å². The number of hydrazine groups is 1. The lowest BCUT2D eigenvalue weighted by atomic mass is 9.97. The molecular formula is C18H25F4N3O4S. The highest BCUT2D eigenvalue weighted by atomic mass is 32.2. The van der Waals surface area contributed by atoms with Crippen LogP contribution in [0.5, 0.6) is 5.75 Å². The number of nitrogens with zero attached hydrogens (tertiary/aromatic N) is 1. The molecule has 0 bridgehead atoms. The van der Waals surface area contributed by atoms with E-state index in [1.807, 2.05) is 0 Å². The second-order valence-corrected chi connectivity index (χ2v) is 10.4. The molecule has 1 aromatic rings. The summed E-state index contributed by atoms with van der Waals surface area (Å²) in [6.45, 7) is 5.36. The Kier molecular flexibility index (Phi) is 7.36. The molecule has 1 aromatic carbocycles. The molecule has 0 saturated carbocycles. The molecule has 30 heavy (non-hydrogen) atoms. The second kappa shape index (κ2) is 9.06. The van der Waals surface area contributed by atoms with Crippen molar-refractivity contribution in [3.63, 3.8) is 0 Å². The first-order chi connectivity index (χ1) is 13.7. The first-order valence-corrected chi connectivity index (χ1v) is 10.7. The summed E-state index contributed by atoms with van der Waals surface area (Å²) in [5.41, 5.74) is 0.124. The number of hydrogen-bond acceptors (Lipinski definition) is 5. The van der Waals surface area contributed by atoms with Crippen LogP contribution < -0.4 is 14.9 Å². The lowest BCUT2D eigenvalue weighted by Crippen LogP contribution is -2.52. The lowest BCUT2D eigenvalue weighted by Gasteiger charge is -2.33. The predicted molar refractivity (Wildman–Crippen MR) is 103 cm³/mol. The van der Waals surface area contributed by atoms with E-state index in [9.17, 15) is 30.8 Å². The monoisotopic (exact) mass is 455 g/mol. The lowest BCUT2D eigenvalue weighted by molar-refractivity contribution is -0.253. The largest absolute Gasteiger partial charge is 0.461 e. The summed E-state index contributed by atoms with van der Waals surface area (Å²) in [6.07, 6.45) is -7.89. The number of hydrogen-bond donors (Lipinski definition) is 2. The van der Waals surface area contributed by atoms with Crippen LogP contribution in [0.25, 0.3) is 0 Å². The van der Waals surface area contributed by atoms with Crippen molar-refractivity contribution in [3.05, 3.63) is 24.3 Å². The third-order valence-electron chi connectivity index (χ3n) is 4.53. The van der Waals surface area contributed by atoms with Crippen LogP contribution >= 0.6 is 0 Å². The van der Waals surface area contributed by atoms with Crippen molar-refractivity contribution >= 4 is 21.6 Å². The Hall–Kier alpha value is -1.92. The summed E-state index contributed by atoms with van der Waals surface area (Å²) in [6, 6.07) is 4.81. The van der Waals surface area contributed by atoms with Crippen molar-refractivity contribution in [1.82, 2.24) is 9.84 Å². The minimum absolute atomic E-state index is 0.124. The maximum Gasteiger partial charge on any atom is 0.461 e. The van der Waals surface area contributed by atoms with Crippen LogP contribution in [0, 0.1) is 5.92 Å². The molecule has 0 radical (unpaired) electrons. The number of sulfonamides is 1. The zero-order valence-corrected chi connectivity index (χ0v) is 17.6. The van der Waals surface area contributed by atoms with Crippen molar-refractivity contribution in [2.24, 2.45) is 5.92 Å². The normalized spacial score (nSPS) is 17.2. The molecule has 1 amide bonds. The van der Waals surface area contributed by atoms with Gasteiger partial charge in [0.2, 0.25) is 15.9 Å². The Labute approximate surface area is 172 Å². The number of rotatable bonds is 7. The zero-order valence-electron chi connectivity index (χ0n) is 16.8. The van der Waals surface area contributed by atoms with Crippen molar-refractivity contribution in [1.29, 1.82) is 0 Å². The molecule has 1 heterocycles. The number of carbonyl (C=O) groups excluding carboxylic acids is 1. The van der Waals surface area contributed by atoms with E-state index in [0.717, 1.165) is 12.1 Å². The Morgan fingerprint density at radius 3 is 2.33 bits per heavy atom. The number of nitrogens with one attached hydrogen (secondary N) is 2. The van der Waals surface area contributed by atoms with Crippen molar-refractivity contribution in [3.8, 4) is 5.75 Å². The number of ether oxygens (including phenoxy) is 1. The summed E-state index contributed by atoms with van der Waals surface area (Å²) >= 11 is 0. The van der Waals surface area contributed by atoms with Crippen LogP contribution in [-0.2, 0) is 14.8 Å². The summed E-state index contributed by atoms with van der Waals surface area (Å²) < 4.78 is 78.0. The molecule has 12 heteroatoms. The number of piperidine rings is 1. The fourth-order valence-electron chi connectivity index (χ4n) is 2.62. The number of anilines is 1. The number of alkyl halides is 4. The molecule has 2 N–H and O–H groups in total. The highest BCUT2D eigenvalue weighted by Gasteiger charge is 2.44. The van der Waals surface area contributed by atoms with E-state index in [0.29, 0.717) is 25.9 Å². The summed E-state index contributed by atoms with van der Waals surface area (Å²) in [5.74, 6) is -1.32. The third-order valence-corrected chi connectivity index (χ3v) is 6.64. The van der Waals surface area contributed by atoms with Gasteiger partial charge in [-0.05, 0) is 45.7 Å².